The fraction of sp³-hybridized carbons (Fsp3) is 0.583. The number of anilines is 1. The van der Waals surface area contributed by atoms with Crippen LogP contribution in [0.1, 0.15) is 19.5 Å². The van der Waals surface area contributed by atoms with E-state index >= 15 is 0 Å². The summed E-state index contributed by atoms with van der Waals surface area (Å²) >= 11 is 3.46. The van der Waals surface area contributed by atoms with Crippen LogP contribution in [-0.2, 0) is 0 Å². The van der Waals surface area contributed by atoms with E-state index in [1.807, 2.05) is 19.1 Å². The normalized spacial score (nSPS) is 12.6. The van der Waals surface area contributed by atoms with E-state index < -0.39 is 0 Å². The number of pyridine rings is 1. The number of hydrogen-bond acceptors (Lipinski definition) is 3. The Morgan fingerprint density at radius 1 is 1.50 bits per heavy atom. The van der Waals surface area contributed by atoms with Gasteiger partial charge in [0.15, 0.2) is 0 Å². The lowest BCUT2D eigenvalue weighted by atomic mass is 10.1. The van der Waals surface area contributed by atoms with Gasteiger partial charge in [-0.1, -0.05) is 6.92 Å². The number of hydrogen-bond donors (Lipinski definition) is 1. The van der Waals surface area contributed by atoms with Gasteiger partial charge < -0.3 is 10.6 Å². The van der Waals surface area contributed by atoms with Crippen molar-refractivity contribution in [2.24, 2.45) is 11.7 Å². The van der Waals surface area contributed by atoms with Crippen LogP contribution in [0.5, 0.6) is 0 Å². The molecule has 0 aromatic carbocycles. The Morgan fingerprint density at radius 2 is 2.19 bits per heavy atom. The Hall–Kier alpha value is -0.610. The van der Waals surface area contributed by atoms with Crippen molar-refractivity contribution in [2.45, 2.75) is 20.8 Å². The molecule has 2 N–H and O–H groups in total. The first kappa shape index (κ1) is 13.5. The molecule has 0 saturated heterocycles. The van der Waals surface area contributed by atoms with E-state index in [1.54, 1.807) is 0 Å². The fourth-order valence-corrected chi connectivity index (χ4v) is 1.76. The molecule has 1 rings (SSSR count). The third kappa shape index (κ3) is 3.46. The van der Waals surface area contributed by atoms with Crippen molar-refractivity contribution in [3.63, 3.8) is 0 Å². The maximum Gasteiger partial charge on any atom is 0.128 e. The fourth-order valence-electron chi connectivity index (χ4n) is 1.54. The molecule has 90 valence electrons. The summed E-state index contributed by atoms with van der Waals surface area (Å²) in [7, 11) is 0. The highest BCUT2D eigenvalue weighted by atomic mass is 79.9. The lowest BCUT2D eigenvalue weighted by Gasteiger charge is -2.25. The summed E-state index contributed by atoms with van der Waals surface area (Å²) in [6.45, 7) is 8.94. The molecule has 1 heterocycles. The van der Waals surface area contributed by atoms with Crippen LogP contribution in [0.25, 0.3) is 0 Å². The van der Waals surface area contributed by atoms with Crippen LogP contribution < -0.4 is 10.6 Å². The first-order chi connectivity index (χ1) is 7.58. The van der Waals surface area contributed by atoms with Gasteiger partial charge in [-0.05, 0) is 54.4 Å². The second-order valence-electron chi connectivity index (χ2n) is 4.12. The minimum Gasteiger partial charge on any atom is -0.357 e. The van der Waals surface area contributed by atoms with Gasteiger partial charge in [-0.15, -0.1) is 0 Å². The van der Waals surface area contributed by atoms with E-state index in [0.717, 1.165) is 29.1 Å². The van der Waals surface area contributed by atoms with Crippen molar-refractivity contribution < 1.29 is 0 Å². The summed E-state index contributed by atoms with van der Waals surface area (Å²) in [6, 6.07) is 4.09. The Labute approximate surface area is 106 Å². The monoisotopic (exact) mass is 285 g/mol. The molecule has 0 amide bonds. The van der Waals surface area contributed by atoms with Gasteiger partial charge in [0.05, 0.1) is 5.69 Å². The van der Waals surface area contributed by atoms with Gasteiger partial charge in [0.25, 0.3) is 0 Å². The lowest BCUT2D eigenvalue weighted by Crippen LogP contribution is -2.32. The van der Waals surface area contributed by atoms with Gasteiger partial charge in [-0.3, -0.25) is 0 Å². The minimum absolute atomic E-state index is 0.491. The van der Waals surface area contributed by atoms with Gasteiger partial charge in [-0.25, -0.2) is 4.98 Å². The van der Waals surface area contributed by atoms with Crippen molar-refractivity contribution >= 4 is 21.7 Å². The summed E-state index contributed by atoms with van der Waals surface area (Å²) in [6.07, 6.45) is 0. The van der Waals surface area contributed by atoms with Crippen molar-refractivity contribution in [3.05, 3.63) is 22.3 Å². The number of aromatic nitrogens is 1. The molecule has 16 heavy (non-hydrogen) atoms. The molecule has 0 aliphatic rings. The first-order valence-corrected chi connectivity index (χ1v) is 6.46. The zero-order valence-electron chi connectivity index (χ0n) is 10.2. The summed E-state index contributed by atoms with van der Waals surface area (Å²) < 4.78 is 1.05. The summed E-state index contributed by atoms with van der Waals surface area (Å²) in [5.74, 6) is 1.52. The van der Waals surface area contributed by atoms with Crippen molar-refractivity contribution in [2.75, 3.05) is 24.5 Å². The van der Waals surface area contributed by atoms with Crippen LogP contribution >= 0.6 is 15.9 Å². The molecular formula is C12H20BrN3. The summed E-state index contributed by atoms with van der Waals surface area (Å²) in [5.41, 5.74) is 6.68. The highest BCUT2D eigenvalue weighted by Gasteiger charge is 2.10. The Balaban J connectivity index is 2.82. The topological polar surface area (TPSA) is 42.1 Å². The summed E-state index contributed by atoms with van der Waals surface area (Å²) in [4.78, 5) is 6.83. The molecule has 4 heteroatoms. The molecule has 1 aromatic heterocycles. The number of halogens is 1. The highest BCUT2D eigenvalue weighted by molar-refractivity contribution is 9.10. The molecule has 1 atom stereocenters. The average Bonchev–Trinajstić information content (AvgIpc) is 2.29. The Kier molecular flexibility index (Phi) is 5.22. The van der Waals surface area contributed by atoms with E-state index in [9.17, 15) is 0 Å². The van der Waals surface area contributed by atoms with Crippen LogP contribution in [0.4, 0.5) is 5.82 Å². The number of rotatable bonds is 5. The van der Waals surface area contributed by atoms with Crippen molar-refractivity contribution in [1.82, 2.24) is 4.98 Å². The first-order valence-electron chi connectivity index (χ1n) is 5.66. The second-order valence-corrected chi connectivity index (χ2v) is 4.97. The van der Waals surface area contributed by atoms with E-state index in [2.05, 4.69) is 39.7 Å². The molecule has 0 saturated carbocycles. The van der Waals surface area contributed by atoms with Gasteiger partial charge >= 0.3 is 0 Å². The van der Waals surface area contributed by atoms with Crippen LogP contribution in [0.2, 0.25) is 0 Å². The molecule has 0 spiro atoms. The molecule has 0 aliphatic heterocycles. The SMILES string of the molecule is CCN(CC(C)CN)c1ccc(Br)c(C)n1. The van der Waals surface area contributed by atoms with Crippen molar-refractivity contribution in [3.8, 4) is 0 Å². The van der Waals surface area contributed by atoms with Crippen LogP contribution in [0, 0.1) is 12.8 Å². The largest absolute Gasteiger partial charge is 0.357 e. The van der Waals surface area contributed by atoms with Gasteiger partial charge in [0.2, 0.25) is 0 Å². The van der Waals surface area contributed by atoms with E-state index in [0.29, 0.717) is 12.5 Å². The minimum atomic E-state index is 0.491. The maximum absolute atomic E-state index is 5.65. The van der Waals surface area contributed by atoms with E-state index in [4.69, 9.17) is 5.73 Å². The molecule has 0 bridgehead atoms. The number of nitrogens with zero attached hydrogens (tertiary/aromatic N) is 2. The Bertz CT molecular complexity index is 341. The average molecular weight is 286 g/mol. The highest BCUT2D eigenvalue weighted by Crippen LogP contribution is 2.19. The molecule has 3 nitrogen and oxygen atoms in total. The standard InChI is InChI=1S/C12H20BrN3/c1-4-16(8-9(2)7-14)12-6-5-11(13)10(3)15-12/h5-6,9H,4,7-8,14H2,1-3H3. The number of aryl methyl sites for hydroxylation is 1. The quantitative estimate of drug-likeness (QED) is 0.904. The molecule has 0 aliphatic carbocycles. The van der Waals surface area contributed by atoms with Gasteiger partial charge in [-0.2, -0.15) is 0 Å². The molecule has 0 radical (unpaired) electrons. The summed E-state index contributed by atoms with van der Waals surface area (Å²) in [5, 5.41) is 0. The third-order valence-electron chi connectivity index (χ3n) is 2.65. The van der Waals surface area contributed by atoms with Crippen LogP contribution in [-0.4, -0.2) is 24.6 Å². The second kappa shape index (κ2) is 6.21. The molecular weight excluding hydrogens is 266 g/mol. The van der Waals surface area contributed by atoms with Gasteiger partial charge in [0.1, 0.15) is 5.82 Å². The lowest BCUT2D eigenvalue weighted by molar-refractivity contribution is 0.572. The predicted octanol–water partition coefficient (Wildman–Crippen LogP) is 2.57. The van der Waals surface area contributed by atoms with Crippen molar-refractivity contribution in [1.29, 1.82) is 0 Å². The zero-order valence-corrected chi connectivity index (χ0v) is 11.8. The van der Waals surface area contributed by atoms with E-state index in [1.165, 1.54) is 0 Å². The Morgan fingerprint density at radius 3 is 2.69 bits per heavy atom. The van der Waals surface area contributed by atoms with Gasteiger partial charge in [0, 0.05) is 17.6 Å². The maximum atomic E-state index is 5.65. The predicted molar refractivity (Wildman–Crippen MR) is 72.8 cm³/mol. The molecule has 0 fully saturated rings. The van der Waals surface area contributed by atoms with Crippen LogP contribution in [0.15, 0.2) is 16.6 Å². The van der Waals surface area contributed by atoms with E-state index in [-0.39, 0.29) is 0 Å². The smallest absolute Gasteiger partial charge is 0.128 e. The molecule has 1 unspecified atom stereocenters. The number of nitrogens with two attached hydrogens (primary N) is 1. The zero-order chi connectivity index (χ0) is 12.1. The molecule has 1 aromatic rings. The van der Waals surface area contributed by atoms with Crippen LogP contribution in [0.3, 0.4) is 0 Å². The third-order valence-corrected chi connectivity index (χ3v) is 3.48.